The molecule has 1 aliphatic carbocycles. The number of amides is 3. The molecule has 3 amide bonds. The molecular weight excluding hydrogens is 325 g/mol. The van der Waals surface area contributed by atoms with Crippen LogP contribution in [0.4, 0.5) is 20.6 Å². The van der Waals surface area contributed by atoms with Crippen LogP contribution in [0.3, 0.4) is 0 Å². The number of halogens is 1. The van der Waals surface area contributed by atoms with E-state index in [0.29, 0.717) is 31.4 Å². The minimum Gasteiger partial charge on any atom is -0.378 e. The number of urea groups is 1. The molecule has 1 aromatic carbocycles. The van der Waals surface area contributed by atoms with Gasteiger partial charge in [0.1, 0.15) is 5.82 Å². The van der Waals surface area contributed by atoms with Gasteiger partial charge < -0.3 is 20.7 Å². The van der Waals surface area contributed by atoms with Gasteiger partial charge >= 0.3 is 6.03 Å². The fraction of sp³-hybridized carbons (Fsp3) is 0.556. The van der Waals surface area contributed by atoms with Crippen LogP contribution < -0.4 is 16.0 Å². The van der Waals surface area contributed by atoms with Crippen LogP contribution in [0.1, 0.15) is 45.4 Å². The first kappa shape index (κ1) is 19.2. The number of nitrogens with one attached hydrogen (secondary N) is 3. The van der Waals surface area contributed by atoms with Crippen LogP contribution in [0.25, 0.3) is 0 Å². The lowest BCUT2D eigenvalue weighted by Gasteiger charge is -2.21. The number of hydrogen-bond donors (Lipinski definition) is 3. The van der Waals surface area contributed by atoms with Crippen LogP contribution in [0.5, 0.6) is 0 Å². The maximum absolute atomic E-state index is 13.7. The van der Waals surface area contributed by atoms with E-state index in [1.54, 1.807) is 0 Å². The predicted molar refractivity (Wildman–Crippen MR) is 95.2 cm³/mol. The molecule has 3 N–H and O–H groups in total. The summed E-state index contributed by atoms with van der Waals surface area (Å²) < 4.78 is 19.5. The largest absolute Gasteiger partial charge is 0.378 e. The molecule has 0 heterocycles. The molecule has 1 fully saturated rings. The van der Waals surface area contributed by atoms with Gasteiger partial charge in [-0.1, -0.05) is 19.3 Å². The van der Waals surface area contributed by atoms with Crippen molar-refractivity contribution in [3.8, 4) is 0 Å². The van der Waals surface area contributed by atoms with Crippen LogP contribution >= 0.6 is 0 Å². The molecule has 2 rings (SSSR count). The molecule has 138 valence electrons. The average molecular weight is 351 g/mol. The summed E-state index contributed by atoms with van der Waals surface area (Å²) in [5.74, 6) is -0.829. The number of carbonyl (C=O) groups excluding carboxylic acids is 2. The second-order valence-electron chi connectivity index (χ2n) is 6.24. The third-order valence-electron chi connectivity index (χ3n) is 4.05. The third-order valence-corrected chi connectivity index (χ3v) is 4.05. The van der Waals surface area contributed by atoms with E-state index in [4.69, 9.17) is 4.74 Å². The molecule has 1 aromatic rings. The van der Waals surface area contributed by atoms with Crippen molar-refractivity contribution in [2.75, 3.05) is 23.8 Å². The first-order chi connectivity index (χ1) is 12.0. The zero-order valence-electron chi connectivity index (χ0n) is 14.6. The summed E-state index contributed by atoms with van der Waals surface area (Å²) in [6.07, 6.45) is 7.06. The molecule has 25 heavy (non-hydrogen) atoms. The van der Waals surface area contributed by atoms with Crippen LogP contribution in [-0.2, 0) is 9.53 Å². The first-order valence-electron chi connectivity index (χ1n) is 8.78. The summed E-state index contributed by atoms with van der Waals surface area (Å²) in [5, 5.41) is 7.66. The fourth-order valence-corrected chi connectivity index (χ4v) is 2.82. The molecule has 7 heteroatoms. The lowest BCUT2D eigenvalue weighted by Crippen LogP contribution is -2.30. The molecule has 1 aliphatic rings. The Kier molecular flexibility index (Phi) is 7.66. The Morgan fingerprint density at radius 2 is 1.96 bits per heavy atom. The van der Waals surface area contributed by atoms with Gasteiger partial charge in [-0.25, -0.2) is 9.18 Å². The highest BCUT2D eigenvalue weighted by Gasteiger charge is 2.13. The third kappa shape index (κ3) is 7.09. The molecule has 6 nitrogen and oxygen atoms in total. The molecule has 0 radical (unpaired) electrons. The number of rotatable bonds is 7. The standard InChI is InChI=1S/C18H26FN3O3/c1-13(23)21-14-8-9-16(19)17(12-14)22-18(24)20-10-5-11-25-15-6-3-2-4-7-15/h8-9,12,15H,2-7,10-11H2,1H3,(H,21,23)(H2,20,22,24). The van der Waals surface area contributed by atoms with E-state index in [-0.39, 0.29) is 11.6 Å². The number of hydrogen-bond acceptors (Lipinski definition) is 3. The van der Waals surface area contributed by atoms with Crippen molar-refractivity contribution in [2.24, 2.45) is 0 Å². The molecule has 0 unspecified atom stereocenters. The van der Waals surface area contributed by atoms with E-state index in [9.17, 15) is 14.0 Å². The van der Waals surface area contributed by atoms with E-state index in [1.807, 2.05) is 0 Å². The summed E-state index contributed by atoms with van der Waals surface area (Å²) >= 11 is 0. The fourth-order valence-electron chi connectivity index (χ4n) is 2.82. The van der Waals surface area contributed by atoms with Gasteiger partial charge in [-0.15, -0.1) is 0 Å². The molecule has 0 spiro atoms. The minimum atomic E-state index is -0.565. The van der Waals surface area contributed by atoms with Gasteiger partial charge in [0.25, 0.3) is 0 Å². The van der Waals surface area contributed by atoms with Crippen LogP contribution in [0.15, 0.2) is 18.2 Å². The Morgan fingerprint density at radius 3 is 2.68 bits per heavy atom. The Hall–Kier alpha value is -2.15. The van der Waals surface area contributed by atoms with Gasteiger partial charge in [0.05, 0.1) is 11.8 Å². The van der Waals surface area contributed by atoms with Gasteiger partial charge in [0.2, 0.25) is 5.91 Å². The Balaban J connectivity index is 1.68. The zero-order valence-corrected chi connectivity index (χ0v) is 14.6. The normalized spacial score (nSPS) is 14.8. The lowest BCUT2D eigenvalue weighted by atomic mass is 9.98. The van der Waals surface area contributed by atoms with Crippen molar-refractivity contribution in [1.82, 2.24) is 5.32 Å². The summed E-state index contributed by atoms with van der Waals surface area (Å²) in [6.45, 7) is 2.42. The smallest absolute Gasteiger partial charge is 0.319 e. The molecule has 0 bridgehead atoms. The van der Waals surface area contributed by atoms with Crippen molar-refractivity contribution in [3.63, 3.8) is 0 Å². The summed E-state index contributed by atoms with van der Waals surface area (Å²) in [6, 6.07) is 3.51. The summed E-state index contributed by atoms with van der Waals surface area (Å²) in [5.41, 5.74) is 0.437. The second kappa shape index (κ2) is 9.98. The predicted octanol–water partition coefficient (Wildman–Crippen LogP) is 3.65. The number of benzene rings is 1. The van der Waals surface area contributed by atoms with Crippen molar-refractivity contribution in [1.29, 1.82) is 0 Å². The monoisotopic (exact) mass is 351 g/mol. The molecule has 0 saturated heterocycles. The topological polar surface area (TPSA) is 79.5 Å². The maximum Gasteiger partial charge on any atom is 0.319 e. The van der Waals surface area contributed by atoms with E-state index in [0.717, 1.165) is 12.8 Å². The maximum atomic E-state index is 13.7. The lowest BCUT2D eigenvalue weighted by molar-refractivity contribution is -0.114. The average Bonchev–Trinajstić information content (AvgIpc) is 2.58. The van der Waals surface area contributed by atoms with E-state index < -0.39 is 11.8 Å². The molecule has 0 aromatic heterocycles. The van der Waals surface area contributed by atoms with E-state index in [1.165, 1.54) is 44.4 Å². The highest BCUT2D eigenvalue weighted by atomic mass is 19.1. The van der Waals surface area contributed by atoms with Gasteiger partial charge in [0, 0.05) is 25.8 Å². The molecule has 1 saturated carbocycles. The summed E-state index contributed by atoms with van der Waals surface area (Å²) in [4.78, 5) is 22.9. The van der Waals surface area contributed by atoms with Gasteiger partial charge in [-0.05, 0) is 37.5 Å². The zero-order chi connectivity index (χ0) is 18.1. The van der Waals surface area contributed by atoms with Crippen molar-refractivity contribution >= 4 is 23.3 Å². The van der Waals surface area contributed by atoms with Crippen molar-refractivity contribution in [3.05, 3.63) is 24.0 Å². The van der Waals surface area contributed by atoms with Gasteiger partial charge in [0.15, 0.2) is 0 Å². The second-order valence-corrected chi connectivity index (χ2v) is 6.24. The Morgan fingerprint density at radius 1 is 1.20 bits per heavy atom. The minimum absolute atomic E-state index is 0.0159. The highest BCUT2D eigenvalue weighted by molar-refractivity contribution is 5.92. The SMILES string of the molecule is CC(=O)Nc1ccc(F)c(NC(=O)NCCCOC2CCCCC2)c1. The van der Waals surface area contributed by atoms with Crippen molar-refractivity contribution in [2.45, 2.75) is 51.6 Å². The number of anilines is 2. The van der Waals surface area contributed by atoms with Crippen LogP contribution in [0.2, 0.25) is 0 Å². The van der Waals surface area contributed by atoms with E-state index in [2.05, 4.69) is 16.0 Å². The van der Waals surface area contributed by atoms with Crippen LogP contribution in [-0.4, -0.2) is 31.2 Å². The highest BCUT2D eigenvalue weighted by Crippen LogP contribution is 2.20. The van der Waals surface area contributed by atoms with Crippen molar-refractivity contribution < 1.29 is 18.7 Å². The molecule has 0 atom stereocenters. The Bertz CT molecular complexity index is 589. The van der Waals surface area contributed by atoms with E-state index >= 15 is 0 Å². The quantitative estimate of drug-likeness (QED) is 0.656. The Labute approximate surface area is 147 Å². The number of carbonyl (C=O) groups is 2. The first-order valence-corrected chi connectivity index (χ1v) is 8.78. The molecule has 0 aliphatic heterocycles. The summed E-state index contributed by atoms with van der Waals surface area (Å²) in [7, 11) is 0. The van der Waals surface area contributed by atoms with Crippen LogP contribution in [0, 0.1) is 5.82 Å². The van der Waals surface area contributed by atoms with Gasteiger partial charge in [-0.2, -0.15) is 0 Å². The van der Waals surface area contributed by atoms with Gasteiger partial charge in [-0.3, -0.25) is 4.79 Å². The molecular formula is C18H26FN3O3. The number of ether oxygens (including phenoxy) is 1.